The lowest BCUT2D eigenvalue weighted by Crippen LogP contribution is -2.49. The van der Waals surface area contributed by atoms with Gasteiger partial charge in [0.15, 0.2) is 5.76 Å². The van der Waals surface area contributed by atoms with Gasteiger partial charge in [0.1, 0.15) is 28.3 Å². The molecule has 0 radical (unpaired) electrons. The number of carbonyl (C=O) groups excluding carboxylic acids is 3. The van der Waals surface area contributed by atoms with E-state index >= 15 is 0 Å². The van der Waals surface area contributed by atoms with E-state index in [2.05, 4.69) is 70.9 Å². The third-order valence-corrected chi connectivity index (χ3v) is 10.4. The SMILES string of the molecule is CC#Cc1cc(Br)c(C2=C(O)C3(CCOCC3)NC2=O)c(OC)c1.CC#Cc1cc(Br)c(C2=C(OC(=O)OC)C3(CCOCC3)NC2=O)c(OC)c1. The van der Waals surface area contributed by atoms with Crippen LogP contribution < -0.4 is 20.1 Å². The standard InChI is InChI=1S/C20H20BrNO6.C18H18BrNO4/c1-4-5-12-10-13(21)15(14(11-12)25-2)16-17(28-19(24)26-3)20(22-18(16)23)6-8-27-9-7-20;1-3-4-11-9-12(19)14(13(10-11)23-2)15-16(21)18(20-17(15)22)5-7-24-8-6-18/h10-11H,6-9H2,1-3H3,(H,22,23);9-10,21H,5-8H2,1-2H3,(H,20,22). The minimum Gasteiger partial charge on any atom is -0.509 e. The lowest BCUT2D eigenvalue weighted by molar-refractivity contribution is -0.117. The number of hydrogen-bond acceptors (Lipinski definition) is 10. The second kappa shape index (κ2) is 16.5. The van der Waals surface area contributed by atoms with Crippen molar-refractivity contribution in [1.29, 1.82) is 0 Å². The summed E-state index contributed by atoms with van der Waals surface area (Å²) < 4.78 is 33.2. The van der Waals surface area contributed by atoms with Gasteiger partial charge in [0.2, 0.25) is 0 Å². The Balaban J connectivity index is 0.000000203. The van der Waals surface area contributed by atoms with E-state index in [1.165, 1.54) is 21.3 Å². The van der Waals surface area contributed by atoms with Crippen LogP contribution >= 0.6 is 31.9 Å². The summed E-state index contributed by atoms with van der Waals surface area (Å²) >= 11 is 7.00. The Kier molecular flexibility index (Phi) is 12.3. The number of methoxy groups -OCH3 is 3. The first-order valence-corrected chi connectivity index (χ1v) is 17.9. The first-order chi connectivity index (χ1) is 25.0. The lowest BCUT2D eigenvalue weighted by atomic mass is 9.87. The van der Waals surface area contributed by atoms with Gasteiger partial charge in [0.25, 0.3) is 11.8 Å². The van der Waals surface area contributed by atoms with Crippen molar-refractivity contribution in [3.05, 3.63) is 67.0 Å². The van der Waals surface area contributed by atoms with Crippen molar-refractivity contribution >= 4 is 61.0 Å². The number of aliphatic hydroxyl groups excluding tert-OH is 1. The van der Waals surface area contributed by atoms with Crippen LogP contribution in [0.3, 0.4) is 0 Å². The molecule has 14 heteroatoms. The van der Waals surface area contributed by atoms with E-state index in [4.69, 9.17) is 23.7 Å². The fourth-order valence-electron chi connectivity index (χ4n) is 6.65. The minimum atomic E-state index is -0.890. The van der Waals surface area contributed by atoms with E-state index in [1.807, 2.05) is 6.07 Å². The van der Waals surface area contributed by atoms with Gasteiger partial charge >= 0.3 is 6.16 Å². The fraction of sp³-hybridized carbons (Fsp3) is 0.395. The molecule has 2 aromatic carbocycles. The molecule has 2 saturated heterocycles. The number of hydrogen-bond donors (Lipinski definition) is 3. The molecule has 6 rings (SSSR count). The number of nitrogens with one attached hydrogen (secondary N) is 2. The number of benzene rings is 2. The second-order valence-electron chi connectivity index (χ2n) is 12.1. The quantitative estimate of drug-likeness (QED) is 0.250. The van der Waals surface area contributed by atoms with Crippen molar-refractivity contribution in [3.8, 4) is 35.2 Å². The van der Waals surface area contributed by atoms with Crippen LogP contribution in [-0.2, 0) is 28.5 Å². The van der Waals surface area contributed by atoms with Crippen molar-refractivity contribution in [2.45, 2.75) is 50.6 Å². The maximum Gasteiger partial charge on any atom is 0.513 e. The highest BCUT2D eigenvalue weighted by atomic mass is 79.9. The Morgan fingerprint density at radius 2 is 1.19 bits per heavy atom. The Morgan fingerprint density at radius 3 is 1.65 bits per heavy atom. The molecule has 2 spiro atoms. The van der Waals surface area contributed by atoms with Gasteiger partial charge in [-0.15, -0.1) is 11.8 Å². The molecule has 0 aromatic heterocycles. The van der Waals surface area contributed by atoms with Gasteiger partial charge in [0.05, 0.1) is 32.5 Å². The van der Waals surface area contributed by atoms with Gasteiger partial charge in [-0.3, -0.25) is 9.59 Å². The largest absolute Gasteiger partial charge is 0.513 e. The molecule has 2 fully saturated rings. The molecule has 0 bridgehead atoms. The summed E-state index contributed by atoms with van der Waals surface area (Å²) in [6, 6.07) is 7.11. The maximum atomic E-state index is 13.0. The molecule has 0 unspecified atom stereocenters. The third-order valence-electron chi connectivity index (χ3n) is 9.14. The van der Waals surface area contributed by atoms with Crippen LogP contribution in [0.1, 0.15) is 61.8 Å². The van der Waals surface area contributed by atoms with E-state index in [-0.39, 0.29) is 34.5 Å². The second-order valence-corrected chi connectivity index (χ2v) is 13.8. The summed E-state index contributed by atoms with van der Waals surface area (Å²) in [5, 5.41) is 16.8. The Labute approximate surface area is 318 Å². The predicted octanol–water partition coefficient (Wildman–Crippen LogP) is 5.78. The summed E-state index contributed by atoms with van der Waals surface area (Å²) in [5.41, 5.74) is 1.43. The van der Waals surface area contributed by atoms with Crippen LogP contribution in [0.25, 0.3) is 11.1 Å². The van der Waals surface area contributed by atoms with Gasteiger partial charge in [-0.25, -0.2) is 4.79 Å². The minimum absolute atomic E-state index is 0.0594. The molecule has 4 aliphatic rings. The molecule has 0 saturated carbocycles. The number of halogens is 2. The maximum absolute atomic E-state index is 13.0. The number of ether oxygens (including phenoxy) is 6. The van der Waals surface area contributed by atoms with Crippen LogP contribution in [0.15, 0.2) is 44.7 Å². The van der Waals surface area contributed by atoms with Crippen LogP contribution in [-0.4, -0.2) is 81.9 Å². The van der Waals surface area contributed by atoms with E-state index in [0.29, 0.717) is 83.7 Å². The molecule has 4 heterocycles. The third kappa shape index (κ3) is 7.53. The van der Waals surface area contributed by atoms with Gasteiger partial charge in [-0.1, -0.05) is 11.8 Å². The highest BCUT2D eigenvalue weighted by molar-refractivity contribution is 9.10. The van der Waals surface area contributed by atoms with E-state index in [1.54, 1.807) is 32.0 Å². The molecular formula is C38H38Br2N2O10. The average molecular weight is 843 g/mol. The monoisotopic (exact) mass is 840 g/mol. The smallest absolute Gasteiger partial charge is 0.509 e. The molecule has 2 aromatic rings. The van der Waals surface area contributed by atoms with Crippen molar-refractivity contribution in [1.82, 2.24) is 10.6 Å². The van der Waals surface area contributed by atoms with Crippen LogP contribution in [0, 0.1) is 23.7 Å². The van der Waals surface area contributed by atoms with Crippen LogP contribution in [0.4, 0.5) is 4.79 Å². The van der Waals surface area contributed by atoms with Crippen LogP contribution in [0.5, 0.6) is 11.5 Å². The van der Waals surface area contributed by atoms with Crippen molar-refractivity contribution in [3.63, 3.8) is 0 Å². The van der Waals surface area contributed by atoms with Gasteiger partial charge < -0.3 is 44.2 Å². The zero-order valence-corrected chi connectivity index (χ0v) is 32.5. The molecule has 0 atom stereocenters. The molecule has 12 nitrogen and oxygen atoms in total. The number of carbonyl (C=O) groups is 3. The van der Waals surface area contributed by atoms with Crippen LogP contribution in [0.2, 0.25) is 0 Å². The first-order valence-electron chi connectivity index (χ1n) is 16.3. The Morgan fingerprint density at radius 1 is 0.750 bits per heavy atom. The number of amides is 2. The Hall–Kier alpha value is -4.47. The normalized spacial score (nSPS) is 18.3. The van der Waals surface area contributed by atoms with Crippen molar-refractivity contribution in [2.24, 2.45) is 0 Å². The summed E-state index contributed by atoms with van der Waals surface area (Å²) in [6.45, 7) is 5.36. The van der Waals surface area contributed by atoms with E-state index < -0.39 is 17.2 Å². The first kappa shape index (κ1) is 38.8. The summed E-state index contributed by atoms with van der Waals surface area (Å²) in [7, 11) is 4.26. The zero-order chi connectivity index (χ0) is 37.6. The zero-order valence-electron chi connectivity index (χ0n) is 29.3. The highest BCUT2D eigenvalue weighted by Crippen LogP contribution is 2.46. The highest BCUT2D eigenvalue weighted by Gasteiger charge is 2.50. The lowest BCUT2D eigenvalue weighted by Gasteiger charge is -2.34. The van der Waals surface area contributed by atoms with E-state index in [9.17, 15) is 19.5 Å². The summed E-state index contributed by atoms with van der Waals surface area (Å²) in [4.78, 5) is 37.6. The predicted molar refractivity (Wildman–Crippen MR) is 198 cm³/mol. The molecule has 274 valence electrons. The van der Waals surface area contributed by atoms with Crippen molar-refractivity contribution in [2.75, 3.05) is 47.8 Å². The van der Waals surface area contributed by atoms with Gasteiger partial charge in [-0.2, -0.15) is 0 Å². The topological polar surface area (TPSA) is 151 Å². The molecular weight excluding hydrogens is 804 g/mol. The van der Waals surface area contributed by atoms with Gasteiger partial charge in [-0.05, 0) is 70.0 Å². The summed E-state index contributed by atoms with van der Waals surface area (Å²) in [5.74, 6) is 12.1. The molecule has 4 aliphatic heterocycles. The molecule has 2 amide bonds. The number of aliphatic hydroxyl groups is 1. The number of rotatable bonds is 5. The van der Waals surface area contributed by atoms with E-state index in [0.717, 1.165) is 11.1 Å². The molecule has 52 heavy (non-hydrogen) atoms. The van der Waals surface area contributed by atoms with Gasteiger partial charge in [0, 0.05) is 83.3 Å². The van der Waals surface area contributed by atoms with Crippen molar-refractivity contribution < 1.29 is 47.9 Å². The average Bonchev–Trinajstić information content (AvgIpc) is 3.51. The Bertz CT molecular complexity index is 1970. The molecule has 3 N–H and O–H groups in total. The molecule has 0 aliphatic carbocycles. The summed E-state index contributed by atoms with van der Waals surface area (Å²) in [6.07, 6.45) is 1.17. The fourth-order valence-corrected chi connectivity index (χ4v) is 7.93.